The van der Waals surface area contributed by atoms with E-state index in [0.717, 1.165) is 53.5 Å². The maximum absolute atomic E-state index is 12.3. The molecule has 0 atom stereocenters. The number of likely N-dealkylation sites (N-methyl/N-ethyl adjacent to an activating group) is 1. The first kappa shape index (κ1) is 19.0. The summed E-state index contributed by atoms with van der Waals surface area (Å²) < 4.78 is 0.699. The minimum atomic E-state index is -0.0758. The van der Waals surface area contributed by atoms with Gasteiger partial charge in [-0.25, -0.2) is 0 Å². The predicted molar refractivity (Wildman–Crippen MR) is 119 cm³/mol. The van der Waals surface area contributed by atoms with Gasteiger partial charge in [0, 0.05) is 34.9 Å². The topological polar surface area (TPSA) is 56.3 Å². The standard InChI is InChI=1S/C22H20N2O2S.ClH/c1-2-24-9-7-13-3-4-14(11-15(13)12-24)19-18(25)6-5-17-20(19)16-8-10-27-21(16)22(26)23-17;/h3-6,8,10-11,25H,2,7,9,12H2,1H3,(H,23,26);1H. The van der Waals surface area contributed by atoms with Gasteiger partial charge < -0.3 is 10.1 Å². The Labute approximate surface area is 172 Å². The van der Waals surface area contributed by atoms with E-state index in [0.29, 0.717) is 4.70 Å². The fourth-order valence-electron chi connectivity index (χ4n) is 4.17. The summed E-state index contributed by atoms with van der Waals surface area (Å²) in [5.74, 6) is 0.241. The van der Waals surface area contributed by atoms with Crippen molar-refractivity contribution >= 4 is 44.7 Å². The largest absolute Gasteiger partial charge is 0.507 e. The van der Waals surface area contributed by atoms with Crippen LogP contribution in [0.4, 0.5) is 0 Å². The molecule has 2 N–H and O–H groups in total. The minimum absolute atomic E-state index is 0. The fourth-order valence-corrected chi connectivity index (χ4v) is 4.97. The van der Waals surface area contributed by atoms with E-state index in [9.17, 15) is 9.90 Å². The van der Waals surface area contributed by atoms with Crippen molar-refractivity contribution in [1.82, 2.24) is 9.88 Å². The van der Waals surface area contributed by atoms with Gasteiger partial charge in [-0.3, -0.25) is 9.69 Å². The van der Waals surface area contributed by atoms with E-state index < -0.39 is 0 Å². The molecule has 4 aromatic rings. The number of rotatable bonds is 2. The second-order valence-corrected chi connectivity index (χ2v) is 8.02. The van der Waals surface area contributed by atoms with Crippen molar-refractivity contribution in [3.8, 4) is 16.9 Å². The first-order valence-electron chi connectivity index (χ1n) is 9.25. The van der Waals surface area contributed by atoms with Crippen LogP contribution in [-0.2, 0) is 13.0 Å². The highest BCUT2D eigenvalue weighted by Gasteiger charge is 2.19. The van der Waals surface area contributed by atoms with Gasteiger partial charge in [0.25, 0.3) is 5.56 Å². The molecule has 0 saturated carbocycles. The number of hydrogen-bond acceptors (Lipinski definition) is 4. The Morgan fingerprint density at radius 3 is 2.86 bits per heavy atom. The Morgan fingerprint density at radius 2 is 2.04 bits per heavy atom. The first-order valence-corrected chi connectivity index (χ1v) is 10.1. The van der Waals surface area contributed by atoms with Gasteiger partial charge in [-0.1, -0.05) is 19.1 Å². The zero-order chi connectivity index (χ0) is 18.5. The number of hydrogen-bond donors (Lipinski definition) is 2. The molecule has 0 saturated heterocycles. The van der Waals surface area contributed by atoms with E-state index >= 15 is 0 Å². The third kappa shape index (κ3) is 2.91. The van der Waals surface area contributed by atoms with Gasteiger partial charge in [0.2, 0.25) is 0 Å². The summed E-state index contributed by atoms with van der Waals surface area (Å²) in [6.07, 6.45) is 1.06. The molecular weight excluding hydrogens is 392 g/mol. The maximum atomic E-state index is 12.3. The number of pyridine rings is 1. The number of aromatic amines is 1. The average molecular weight is 413 g/mol. The van der Waals surface area contributed by atoms with Crippen molar-refractivity contribution in [2.75, 3.05) is 13.1 Å². The average Bonchev–Trinajstić information content (AvgIpc) is 3.18. The number of benzene rings is 2. The lowest BCUT2D eigenvalue weighted by molar-refractivity contribution is 0.268. The Hall–Kier alpha value is -2.34. The van der Waals surface area contributed by atoms with Crippen LogP contribution in [0.15, 0.2) is 46.6 Å². The van der Waals surface area contributed by atoms with Gasteiger partial charge in [-0.15, -0.1) is 23.7 Å². The van der Waals surface area contributed by atoms with Gasteiger partial charge in [0.05, 0.1) is 0 Å². The summed E-state index contributed by atoms with van der Waals surface area (Å²) in [5, 5.41) is 14.5. The number of halogens is 1. The fraction of sp³-hybridized carbons (Fsp3) is 0.227. The molecule has 0 radical (unpaired) electrons. The van der Waals surface area contributed by atoms with Crippen LogP contribution in [0.1, 0.15) is 18.1 Å². The Bertz CT molecular complexity index is 1240. The highest BCUT2D eigenvalue weighted by molar-refractivity contribution is 7.17. The third-order valence-electron chi connectivity index (χ3n) is 5.61. The molecule has 1 aliphatic rings. The lowest BCUT2D eigenvalue weighted by atomic mass is 9.92. The molecule has 28 heavy (non-hydrogen) atoms. The van der Waals surface area contributed by atoms with Crippen LogP contribution < -0.4 is 5.56 Å². The first-order chi connectivity index (χ1) is 13.2. The summed E-state index contributed by atoms with van der Waals surface area (Å²) in [6.45, 7) is 5.27. The Balaban J connectivity index is 0.00000192. The molecule has 2 aromatic heterocycles. The van der Waals surface area contributed by atoms with Gasteiger partial charge in [0.15, 0.2) is 0 Å². The van der Waals surface area contributed by atoms with E-state index in [-0.39, 0.29) is 23.7 Å². The molecule has 0 fully saturated rings. The van der Waals surface area contributed by atoms with Crippen LogP contribution in [0.5, 0.6) is 5.75 Å². The number of thiophene rings is 1. The van der Waals surface area contributed by atoms with E-state index in [1.807, 2.05) is 11.4 Å². The summed E-state index contributed by atoms with van der Waals surface area (Å²) in [5.41, 5.74) is 5.18. The van der Waals surface area contributed by atoms with Crippen LogP contribution >= 0.6 is 23.7 Å². The molecule has 0 amide bonds. The zero-order valence-electron chi connectivity index (χ0n) is 15.5. The SMILES string of the molecule is CCN1CCc2ccc(-c3c(O)ccc4[nH]c(=O)c5sccc5c34)cc2C1.Cl. The van der Waals surface area contributed by atoms with Crippen LogP contribution in [0.3, 0.4) is 0 Å². The molecule has 144 valence electrons. The van der Waals surface area contributed by atoms with Crippen molar-refractivity contribution in [3.05, 3.63) is 63.3 Å². The van der Waals surface area contributed by atoms with Crippen molar-refractivity contribution < 1.29 is 5.11 Å². The monoisotopic (exact) mass is 412 g/mol. The number of H-pyrrole nitrogens is 1. The van der Waals surface area contributed by atoms with Crippen LogP contribution in [-0.4, -0.2) is 28.1 Å². The van der Waals surface area contributed by atoms with E-state index in [2.05, 4.69) is 35.0 Å². The molecule has 3 heterocycles. The highest BCUT2D eigenvalue weighted by Crippen LogP contribution is 2.40. The molecular formula is C22H21ClN2O2S. The van der Waals surface area contributed by atoms with Gasteiger partial charge in [-0.05, 0) is 59.3 Å². The second-order valence-electron chi connectivity index (χ2n) is 7.10. The lowest BCUT2D eigenvalue weighted by Crippen LogP contribution is -2.30. The summed E-state index contributed by atoms with van der Waals surface area (Å²) in [4.78, 5) is 17.7. The second kappa shape index (κ2) is 7.24. The number of aromatic hydroxyl groups is 1. The number of phenolic OH excluding ortho intramolecular Hbond substituents is 1. The van der Waals surface area contributed by atoms with Crippen LogP contribution in [0.25, 0.3) is 32.1 Å². The zero-order valence-corrected chi connectivity index (χ0v) is 17.1. The quantitative estimate of drug-likeness (QED) is 0.491. The lowest BCUT2D eigenvalue weighted by Gasteiger charge is -2.28. The van der Waals surface area contributed by atoms with Gasteiger partial charge in [0.1, 0.15) is 10.4 Å². The van der Waals surface area contributed by atoms with Crippen molar-refractivity contribution in [2.45, 2.75) is 19.9 Å². The van der Waals surface area contributed by atoms with Crippen molar-refractivity contribution in [1.29, 1.82) is 0 Å². The molecule has 4 nitrogen and oxygen atoms in total. The van der Waals surface area contributed by atoms with Gasteiger partial charge in [-0.2, -0.15) is 0 Å². The highest BCUT2D eigenvalue weighted by atomic mass is 35.5. The predicted octanol–water partition coefficient (Wildman–Crippen LogP) is 4.92. The van der Waals surface area contributed by atoms with E-state index in [1.165, 1.54) is 22.5 Å². The molecule has 0 spiro atoms. The molecule has 5 rings (SSSR count). The summed E-state index contributed by atoms with van der Waals surface area (Å²) in [6, 6.07) is 11.9. The molecule has 2 aromatic carbocycles. The molecule has 0 aliphatic carbocycles. The number of phenols is 1. The Kier molecular flexibility index (Phi) is 4.91. The van der Waals surface area contributed by atoms with Gasteiger partial charge >= 0.3 is 0 Å². The minimum Gasteiger partial charge on any atom is -0.507 e. The van der Waals surface area contributed by atoms with Crippen LogP contribution in [0, 0.1) is 0 Å². The van der Waals surface area contributed by atoms with Crippen molar-refractivity contribution in [2.24, 2.45) is 0 Å². The number of nitrogens with zero attached hydrogens (tertiary/aromatic N) is 1. The number of fused-ring (bicyclic) bond motifs is 4. The van der Waals surface area contributed by atoms with Crippen molar-refractivity contribution in [3.63, 3.8) is 0 Å². The molecule has 1 aliphatic heterocycles. The molecule has 0 unspecified atom stereocenters. The smallest absolute Gasteiger partial charge is 0.266 e. The van der Waals surface area contributed by atoms with E-state index in [4.69, 9.17) is 0 Å². The Morgan fingerprint density at radius 1 is 1.18 bits per heavy atom. The summed E-state index contributed by atoms with van der Waals surface area (Å²) in [7, 11) is 0. The third-order valence-corrected chi connectivity index (χ3v) is 6.52. The molecule has 6 heteroatoms. The normalized spacial score (nSPS) is 14.2. The number of nitrogens with one attached hydrogen (secondary N) is 1. The summed E-state index contributed by atoms with van der Waals surface area (Å²) >= 11 is 1.43. The van der Waals surface area contributed by atoms with Crippen LogP contribution in [0.2, 0.25) is 0 Å². The molecule has 0 bridgehead atoms. The maximum Gasteiger partial charge on any atom is 0.266 e. The van der Waals surface area contributed by atoms with E-state index in [1.54, 1.807) is 12.1 Å². The number of aromatic nitrogens is 1.